The molecule has 4 heteroatoms. The number of allylic oxidation sites excluding steroid dienone is 3. The first-order valence-electron chi connectivity index (χ1n) is 16.3. The van der Waals surface area contributed by atoms with Gasteiger partial charge in [0.15, 0.2) is 0 Å². The third-order valence-electron chi connectivity index (χ3n) is 11.1. The molecule has 4 fully saturated rings. The van der Waals surface area contributed by atoms with Gasteiger partial charge in [-0.1, -0.05) is 65.3 Å². The molecule has 4 aliphatic rings. The maximum atomic E-state index is 13.7. The van der Waals surface area contributed by atoms with Gasteiger partial charge in [-0.25, -0.2) is 4.39 Å². The van der Waals surface area contributed by atoms with Crippen molar-refractivity contribution in [3.05, 3.63) is 24.3 Å². The largest absolute Gasteiger partial charge is 0.317 e. The summed E-state index contributed by atoms with van der Waals surface area (Å²) < 4.78 is 13.7. The average Bonchev–Trinajstić information content (AvgIpc) is 3.48. The van der Waals surface area contributed by atoms with Gasteiger partial charge in [0.25, 0.3) is 0 Å². The molecule has 3 aliphatic carbocycles. The average molecular weight is 530 g/mol. The van der Waals surface area contributed by atoms with Gasteiger partial charge < -0.3 is 10.6 Å². The zero-order valence-electron chi connectivity index (χ0n) is 25.8. The Morgan fingerprint density at radius 2 is 1.92 bits per heavy atom. The fourth-order valence-electron chi connectivity index (χ4n) is 9.27. The van der Waals surface area contributed by atoms with Gasteiger partial charge in [-0.3, -0.25) is 4.99 Å². The lowest BCUT2D eigenvalue weighted by atomic mass is 9.47. The number of nitrogens with zero attached hydrogens (tertiary/aromatic N) is 1. The molecule has 0 aromatic carbocycles. The van der Waals surface area contributed by atoms with Crippen molar-refractivity contribution in [2.24, 2.45) is 39.5 Å². The van der Waals surface area contributed by atoms with Gasteiger partial charge in [0.05, 0.1) is 0 Å². The van der Waals surface area contributed by atoms with Crippen LogP contribution in [-0.2, 0) is 0 Å². The Balaban J connectivity index is 0.00000195. The Morgan fingerprint density at radius 3 is 2.61 bits per heavy atom. The standard InChI is InChI=1S/C32H54FN3.C2H6/c1-6-9-24-10-11-25-27-13-12-26(32(27,5)18-14-28(25)31(24,4)17-7-2)23(3)35-20-8-19-34-21-16-30-29(33)15-22-36-30;1-2/h6,9,25-30,34,36H,1,7-8,10-22H2,2-5H3;1-2H3/b24-9-,35-23?;. The molecule has 1 saturated heterocycles. The van der Waals surface area contributed by atoms with Gasteiger partial charge in [-0.2, -0.15) is 0 Å². The molecule has 0 amide bonds. The number of fused-ring (bicyclic) bond motifs is 3. The topological polar surface area (TPSA) is 36.4 Å². The number of alkyl halides is 1. The zero-order chi connectivity index (χ0) is 27.8. The van der Waals surface area contributed by atoms with Crippen molar-refractivity contribution >= 4 is 5.71 Å². The summed E-state index contributed by atoms with van der Waals surface area (Å²) in [5.41, 5.74) is 3.87. The second-order valence-corrected chi connectivity index (χ2v) is 13.0. The minimum Gasteiger partial charge on any atom is -0.317 e. The number of aliphatic imine (C=N–C) groups is 1. The molecule has 0 aromatic rings. The second kappa shape index (κ2) is 14.6. The smallest absolute Gasteiger partial charge is 0.117 e. The highest BCUT2D eigenvalue weighted by molar-refractivity contribution is 5.85. The van der Waals surface area contributed by atoms with Crippen LogP contribution in [0, 0.1) is 34.5 Å². The summed E-state index contributed by atoms with van der Waals surface area (Å²) in [7, 11) is 0. The molecule has 4 rings (SSSR count). The number of hydrogen-bond donors (Lipinski definition) is 2. The van der Waals surface area contributed by atoms with Crippen LogP contribution in [-0.4, -0.2) is 44.1 Å². The highest BCUT2D eigenvalue weighted by atomic mass is 19.1. The van der Waals surface area contributed by atoms with Crippen molar-refractivity contribution in [3.8, 4) is 0 Å². The first-order valence-corrected chi connectivity index (χ1v) is 16.3. The van der Waals surface area contributed by atoms with E-state index in [0.717, 1.165) is 56.8 Å². The highest BCUT2D eigenvalue weighted by Gasteiger charge is 2.58. The molecule has 8 atom stereocenters. The Bertz CT molecular complexity index is 806. The maximum absolute atomic E-state index is 13.7. The molecular weight excluding hydrogens is 469 g/mol. The molecule has 2 N–H and O–H groups in total. The Kier molecular flexibility index (Phi) is 12.1. The molecule has 38 heavy (non-hydrogen) atoms. The molecule has 218 valence electrons. The fraction of sp³-hybridized carbons (Fsp3) is 0.853. The molecule has 1 heterocycles. The van der Waals surface area contributed by atoms with E-state index < -0.39 is 6.17 Å². The molecule has 3 saturated carbocycles. The normalized spacial score (nSPS) is 39.9. The predicted octanol–water partition coefficient (Wildman–Crippen LogP) is 8.31. The Hall–Kier alpha value is -1.00. The quantitative estimate of drug-likeness (QED) is 0.208. The zero-order valence-corrected chi connectivity index (χ0v) is 25.8. The van der Waals surface area contributed by atoms with Crippen molar-refractivity contribution in [1.82, 2.24) is 10.6 Å². The molecular formula is C34H60FN3. The molecule has 0 spiro atoms. The first-order chi connectivity index (χ1) is 18.3. The van der Waals surface area contributed by atoms with Gasteiger partial charge in [0, 0.05) is 24.2 Å². The molecule has 0 radical (unpaired) electrons. The fourth-order valence-corrected chi connectivity index (χ4v) is 9.27. The van der Waals surface area contributed by atoms with Crippen LogP contribution >= 0.6 is 0 Å². The minimum atomic E-state index is -0.662. The monoisotopic (exact) mass is 529 g/mol. The van der Waals surface area contributed by atoms with Crippen molar-refractivity contribution in [1.29, 1.82) is 0 Å². The van der Waals surface area contributed by atoms with Crippen LogP contribution in [0.1, 0.15) is 112 Å². The van der Waals surface area contributed by atoms with Crippen molar-refractivity contribution in [2.75, 3.05) is 26.2 Å². The van der Waals surface area contributed by atoms with E-state index in [-0.39, 0.29) is 6.04 Å². The van der Waals surface area contributed by atoms with Gasteiger partial charge >= 0.3 is 0 Å². The van der Waals surface area contributed by atoms with Crippen molar-refractivity contribution in [2.45, 2.75) is 124 Å². The summed E-state index contributed by atoms with van der Waals surface area (Å²) >= 11 is 0. The van der Waals surface area contributed by atoms with E-state index in [0.29, 0.717) is 23.2 Å². The van der Waals surface area contributed by atoms with Crippen molar-refractivity contribution < 1.29 is 4.39 Å². The van der Waals surface area contributed by atoms with Crippen LogP contribution < -0.4 is 10.6 Å². The van der Waals surface area contributed by atoms with E-state index >= 15 is 0 Å². The van der Waals surface area contributed by atoms with Crippen LogP contribution in [0.25, 0.3) is 0 Å². The lowest BCUT2D eigenvalue weighted by Gasteiger charge is -2.57. The predicted molar refractivity (Wildman–Crippen MR) is 164 cm³/mol. The van der Waals surface area contributed by atoms with Crippen LogP contribution in [0.5, 0.6) is 0 Å². The summed E-state index contributed by atoms with van der Waals surface area (Å²) in [6, 6.07) is 0.0533. The molecule has 8 unspecified atom stereocenters. The van der Waals surface area contributed by atoms with Crippen LogP contribution in [0.2, 0.25) is 0 Å². The maximum Gasteiger partial charge on any atom is 0.117 e. The highest BCUT2D eigenvalue weighted by Crippen LogP contribution is 2.66. The number of rotatable bonds is 11. The summed E-state index contributed by atoms with van der Waals surface area (Å²) in [4.78, 5) is 5.11. The first kappa shape index (κ1) is 31.5. The van der Waals surface area contributed by atoms with E-state index in [1.807, 2.05) is 19.9 Å². The van der Waals surface area contributed by atoms with Gasteiger partial charge in [-0.05, 0) is 119 Å². The van der Waals surface area contributed by atoms with E-state index in [4.69, 9.17) is 4.99 Å². The minimum absolute atomic E-state index is 0.0533. The van der Waals surface area contributed by atoms with Crippen molar-refractivity contribution in [3.63, 3.8) is 0 Å². The number of nitrogens with one attached hydrogen (secondary N) is 2. The lowest BCUT2D eigenvalue weighted by molar-refractivity contribution is -0.0408. The number of hydrogen-bond acceptors (Lipinski definition) is 3. The van der Waals surface area contributed by atoms with E-state index in [1.54, 1.807) is 5.57 Å². The number of halogens is 1. The van der Waals surface area contributed by atoms with Crippen LogP contribution in [0.4, 0.5) is 4.39 Å². The summed E-state index contributed by atoms with van der Waals surface area (Å²) in [5.74, 6) is 3.24. The summed E-state index contributed by atoms with van der Waals surface area (Å²) in [6.07, 6.45) is 17.1. The van der Waals surface area contributed by atoms with Gasteiger partial charge in [-0.15, -0.1) is 0 Å². The third kappa shape index (κ3) is 6.65. The molecule has 0 aromatic heterocycles. The lowest BCUT2D eigenvalue weighted by Crippen LogP contribution is -2.50. The SMILES string of the molecule is C=C/C=C1/CCC2C(CCC3(C)C(C(C)=NCCCNCCC4NCCC4F)CCC23)C1(C)CCC.CC. The summed E-state index contributed by atoms with van der Waals surface area (Å²) in [6.45, 7) is 21.5. The molecule has 3 nitrogen and oxygen atoms in total. The van der Waals surface area contributed by atoms with Crippen LogP contribution in [0.3, 0.4) is 0 Å². The van der Waals surface area contributed by atoms with Crippen LogP contribution in [0.15, 0.2) is 29.3 Å². The van der Waals surface area contributed by atoms with Gasteiger partial charge in [0.1, 0.15) is 6.17 Å². The third-order valence-corrected chi connectivity index (χ3v) is 11.1. The molecule has 1 aliphatic heterocycles. The Labute approximate surface area is 235 Å². The van der Waals surface area contributed by atoms with E-state index in [2.05, 4.69) is 51.0 Å². The van der Waals surface area contributed by atoms with E-state index in [9.17, 15) is 4.39 Å². The molecule has 0 bridgehead atoms. The van der Waals surface area contributed by atoms with Gasteiger partial charge in [0.2, 0.25) is 0 Å². The second-order valence-electron chi connectivity index (χ2n) is 13.0. The summed E-state index contributed by atoms with van der Waals surface area (Å²) in [5, 5.41) is 6.78. The Morgan fingerprint density at radius 1 is 1.13 bits per heavy atom. The van der Waals surface area contributed by atoms with E-state index in [1.165, 1.54) is 57.1 Å².